The summed E-state index contributed by atoms with van der Waals surface area (Å²) >= 11 is 0. The van der Waals surface area contributed by atoms with Crippen LogP contribution in [-0.4, -0.2) is 29.1 Å². The fourth-order valence-electron chi connectivity index (χ4n) is 2.96. The van der Waals surface area contributed by atoms with Gasteiger partial charge in [0, 0.05) is 38.3 Å². The van der Waals surface area contributed by atoms with Gasteiger partial charge < -0.3 is 14.2 Å². The molecular formula is C18H19N3O4. The van der Waals surface area contributed by atoms with Crippen molar-refractivity contribution in [2.75, 3.05) is 13.7 Å². The lowest BCUT2D eigenvalue weighted by molar-refractivity contribution is -0.0436. The molecule has 0 aliphatic carbocycles. The largest absolute Gasteiger partial charge is 0.485 e. The predicted octanol–water partition coefficient (Wildman–Crippen LogP) is 1.96. The number of hydrogen-bond donors (Lipinski definition) is 0. The van der Waals surface area contributed by atoms with Gasteiger partial charge in [0.1, 0.15) is 17.5 Å². The van der Waals surface area contributed by atoms with Crippen molar-refractivity contribution in [1.82, 2.24) is 9.78 Å². The van der Waals surface area contributed by atoms with Gasteiger partial charge in [-0.05, 0) is 25.1 Å². The van der Waals surface area contributed by atoms with E-state index >= 15 is 0 Å². The van der Waals surface area contributed by atoms with Crippen LogP contribution < -0.4 is 15.0 Å². The number of ether oxygens (including phenoxy) is 3. The molecule has 0 spiro atoms. The lowest BCUT2D eigenvalue weighted by atomic mass is 9.90. The molecule has 2 aromatic rings. The number of methoxy groups -OCH3 is 1. The van der Waals surface area contributed by atoms with Crippen LogP contribution in [0.4, 0.5) is 0 Å². The van der Waals surface area contributed by atoms with Gasteiger partial charge in [-0.25, -0.2) is 4.68 Å². The lowest BCUT2D eigenvalue weighted by Gasteiger charge is -2.39. The summed E-state index contributed by atoms with van der Waals surface area (Å²) in [7, 11) is 3.18. The van der Waals surface area contributed by atoms with Crippen molar-refractivity contribution in [1.29, 1.82) is 5.26 Å². The molecule has 3 rings (SSSR count). The summed E-state index contributed by atoms with van der Waals surface area (Å²) in [4.78, 5) is 11.5. The number of aromatic nitrogens is 2. The quantitative estimate of drug-likeness (QED) is 0.845. The molecule has 1 aliphatic rings. The Hall–Kier alpha value is -2.85. The zero-order chi connectivity index (χ0) is 18.0. The number of rotatable bonds is 4. The molecule has 1 aliphatic heterocycles. The molecule has 1 aromatic heterocycles. The van der Waals surface area contributed by atoms with Crippen molar-refractivity contribution in [3.8, 4) is 17.7 Å². The Labute approximate surface area is 145 Å². The standard InChI is InChI=1S/C18H19N3O4/c1-18(11-23-3)9-15(24-16-6-7-17(22)21(2)20-16)13-8-12(10-19)4-5-14(13)25-18/h4-8,15H,9,11H2,1-3H3. The summed E-state index contributed by atoms with van der Waals surface area (Å²) in [5.74, 6) is 0.988. The highest BCUT2D eigenvalue weighted by Gasteiger charge is 2.39. The molecule has 1 aromatic carbocycles. The summed E-state index contributed by atoms with van der Waals surface area (Å²) in [6.45, 7) is 2.34. The third-order valence-corrected chi connectivity index (χ3v) is 4.11. The average molecular weight is 341 g/mol. The number of aryl methyl sites for hydroxylation is 1. The first-order valence-electron chi connectivity index (χ1n) is 7.87. The minimum Gasteiger partial charge on any atom is -0.485 e. The van der Waals surface area contributed by atoms with Gasteiger partial charge in [0.05, 0.1) is 18.2 Å². The Morgan fingerprint density at radius 2 is 2.24 bits per heavy atom. The number of nitriles is 1. The van der Waals surface area contributed by atoms with Crippen molar-refractivity contribution in [2.45, 2.75) is 25.0 Å². The van der Waals surface area contributed by atoms with Crippen LogP contribution in [-0.2, 0) is 11.8 Å². The number of nitrogens with zero attached hydrogens (tertiary/aromatic N) is 3. The van der Waals surface area contributed by atoms with E-state index in [4.69, 9.17) is 19.5 Å². The second-order valence-electron chi connectivity index (χ2n) is 6.29. The fraction of sp³-hybridized carbons (Fsp3) is 0.389. The van der Waals surface area contributed by atoms with Crippen LogP contribution in [0.15, 0.2) is 35.1 Å². The molecule has 0 N–H and O–H groups in total. The molecule has 2 heterocycles. The first kappa shape index (κ1) is 17.0. The van der Waals surface area contributed by atoms with Gasteiger partial charge in [0.2, 0.25) is 5.88 Å². The van der Waals surface area contributed by atoms with Gasteiger partial charge in [0.15, 0.2) is 0 Å². The fourth-order valence-corrected chi connectivity index (χ4v) is 2.96. The first-order chi connectivity index (χ1) is 11.9. The van der Waals surface area contributed by atoms with Gasteiger partial charge in [-0.15, -0.1) is 5.10 Å². The van der Waals surface area contributed by atoms with Gasteiger partial charge in [-0.3, -0.25) is 4.79 Å². The van der Waals surface area contributed by atoms with E-state index < -0.39 is 5.60 Å². The molecule has 0 radical (unpaired) electrons. The van der Waals surface area contributed by atoms with Gasteiger partial charge >= 0.3 is 0 Å². The van der Waals surface area contributed by atoms with Gasteiger partial charge in [0.25, 0.3) is 5.56 Å². The second kappa shape index (κ2) is 6.57. The van der Waals surface area contributed by atoms with E-state index in [0.29, 0.717) is 30.2 Å². The number of fused-ring (bicyclic) bond motifs is 1. The third-order valence-electron chi connectivity index (χ3n) is 4.11. The predicted molar refractivity (Wildman–Crippen MR) is 89.5 cm³/mol. The van der Waals surface area contributed by atoms with Crippen molar-refractivity contribution in [2.24, 2.45) is 7.05 Å². The zero-order valence-electron chi connectivity index (χ0n) is 14.4. The number of hydrogen-bond acceptors (Lipinski definition) is 6. The molecule has 0 bridgehead atoms. The summed E-state index contributed by atoms with van der Waals surface area (Å²) in [5.41, 5.74) is 0.528. The number of benzene rings is 1. The smallest absolute Gasteiger partial charge is 0.266 e. The maximum absolute atomic E-state index is 11.5. The SMILES string of the molecule is COCC1(C)CC(Oc2ccc(=O)n(C)n2)c2cc(C#N)ccc2O1. The summed E-state index contributed by atoms with van der Waals surface area (Å²) in [5, 5.41) is 13.3. The average Bonchev–Trinajstić information content (AvgIpc) is 2.58. The second-order valence-corrected chi connectivity index (χ2v) is 6.29. The Kier molecular flexibility index (Phi) is 4.47. The minimum absolute atomic E-state index is 0.212. The summed E-state index contributed by atoms with van der Waals surface area (Å²) in [6, 6.07) is 10.3. The highest BCUT2D eigenvalue weighted by atomic mass is 16.6. The zero-order valence-corrected chi connectivity index (χ0v) is 14.4. The molecule has 7 nitrogen and oxygen atoms in total. The third kappa shape index (κ3) is 3.49. The molecule has 0 saturated heterocycles. The van der Waals surface area contributed by atoms with E-state index in [1.165, 1.54) is 10.7 Å². The lowest BCUT2D eigenvalue weighted by Crippen LogP contribution is -2.43. The summed E-state index contributed by atoms with van der Waals surface area (Å²) < 4.78 is 18.6. The van der Waals surface area contributed by atoms with Crippen molar-refractivity contribution in [3.05, 3.63) is 51.8 Å². The Morgan fingerprint density at radius 1 is 1.44 bits per heavy atom. The van der Waals surface area contributed by atoms with Gasteiger partial charge in [-0.2, -0.15) is 5.26 Å². The van der Waals surface area contributed by atoms with Crippen LogP contribution >= 0.6 is 0 Å². The Morgan fingerprint density at radius 3 is 2.92 bits per heavy atom. The molecule has 2 unspecified atom stereocenters. The van der Waals surface area contributed by atoms with Crippen LogP contribution in [0.25, 0.3) is 0 Å². The maximum atomic E-state index is 11.5. The van der Waals surface area contributed by atoms with Crippen LogP contribution in [0.3, 0.4) is 0 Å². The molecular weight excluding hydrogens is 322 g/mol. The highest BCUT2D eigenvalue weighted by molar-refractivity contribution is 5.45. The van der Waals surface area contributed by atoms with E-state index in [-0.39, 0.29) is 11.7 Å². The van der Waals surface area contributed by atoms with Crippen molar-refractivity contribution >= 4 is 0 Å². The van der Waals surface area contributed by atoms with Crippen LogP contribution in [0.1, 0.15) is 30.6 Å². The molecule has 130 valence electrons. The van der Waals surface area contributed by atoms with E-state index in [9.17, 15) is 4.79 Å². The summed E-state index contributed by atoms with van der Waals surface area (Å²) in [6.07, 6.45) is 0.148. The molecule has 25 heavy (non-hydrogen) atoms. The molecule has 2 atom stereocenters. The van der Waals surface area contributed by atoms with E-state index in [0.717, 1.165) is 5.56 Å². The van der Waals surface area contributed by atoms with E-state index in [1.807, 2.05) is 6.92 Å². The van der Waals surface area contributed by atoms with E-state index in [1.54, 1.807) is 38.4 Å². The Balaban J connectivity index is 1.99. The first-order valence-corrected chi connectivity index (χ1v) is 7.87. The molecule has 7 heteroatoms. The molecule has 0 amide bonds. The Bertz CT molecular complexity index is 887. The highest BCUT2D eigenvalue weighted by Crippen LogP contribution is 2.42. The topological polar surface area (TPSA) is 86.4 Å². The van der Waals surface area contributed by atoms with Crippen LogP contribution in [0.5, 0.6) is 11.6 Å². The van der Waals surface area contributed by atoms with E-state index in [2.05, 4.69) is 11.2 Å². The molecule has 0 saturated carbocycles. The minimum atomic E-state index is -0.568. The van der Waals surface area contributed by atoms with Crippen LogP contribution in [0, 0.1) is 11.3 Å². The maximum Gasteiger partial charge on any atom is 0.266 e. The normalized spacial score (nSPS) is 21.8. The monoisotopic (exact) mass is 341 g/mol. The van der Waals surface area contributed by atoms with Crippen LogP contribution in [0.2, 0.25) is 0 Å². The van der Waals surface area contributed by atoms with Crippen molar-refractivity contribution < 1.29 is 14.2 Å². The van der Waals surface area contributed by atoms with Crippen molar-refractivity contribution in [3.63, 3.8) is 0 Å². The van der Waals surface area contributed by atoms with Gasteiger partial charge in [-0.1, -0.05) is 0 Å². The molecule has 0 fully saturated rings.